The van der Waals surface area contributed by atoms with E-state index in [0.29, 0.717) is 25.1 Å². The lowest BCUT2D eigenvalue weighted by atomic mass is 10.1. The fourth-order valence-corrected chi connectivity index (χ4v) is 3.39. The standard InChI is InChI=1S/C23H28N2O4/c1-4-22(26)18-8-5-9-19(11-18)25-14-21(29-15-23(25)27)13-24-16(2)17-7-6-10-20(12-17)28-3/h5-12,16,21,24H,4,13-15H2,1-3H3/t16-,21?/m1/s1. The minimum atomic E-state index is -0.133. The predicted octanol–water partition coefficient (Wildman–Crippen LogP) is 3.37. The van der Waals surface area contributed by atoms with E-state index in [4.69, 9.17) is 9.47 Å². The zero-order valence-electron chi connectivity index (χ0n) is 17.2. The van der Waals surface area contributed by atoms with Crippen LogP contribution in [-0.4, -0.2) is 44.6 Å². The summed E-state index contributed by atoms with van der Waals surface area (Å²) in [6, 6.07) is 15.3. The van der Waals surface area contributed by atoms with Crippen LogP contribution in [0.15, 0.2) is 48.5 Å². The van der Waals surface area contributed by atoms with Crippen LogP contribution in [-0.2, 0) is 9.53 Å². The number of ketones is 1. The molecule has 1 aliphatic rings. The largest absolute Gasteiger partial charge is 0.497 e. The van der Waals surface area contributed by atoms with Crippen molar-refractivity contribution in [2.75, 3.05) is 31.7 Å². The van der Waals surface area contributed by atoms with Crippen LogP contribution in [0.1, 0.15) is 42.2 Å². The predicted molar refractivity (Wildman–Crippen MR) is 113 cm³/mol. The van der Waals surface area contributed by atoms with Crippen LogP contribution in [0, 0.1) is 0 Å². The molecule has 6 heteroatoms. The molecule has 0 aliphatic carbocycles. The summed E-state index contributed by atoms with van der Waals surface area (Å²) in [6.45, 7) is 5.00. The van der Waals surface area contributed by atoms with Crippen LogP contribution in [0.3, 0.4) is 0 Å². The Hall–Kier alpha value is -2.70. The van der Waals surface area contributed by atoms with Gasteiger partial charge in [-0.15, -0.1) is 0 Å². The Morgan fingerprint density at radius 2 is 2.07 bits per heavy atom. The van der Waals surface area contributed by atoms with Crippen LogP contribution >= 0.6 is 0 Å². The lowest BCUT2D eigenvalue weighted by Gasteiger charge is -2.33. The number of Topliss-reactive ketones (excluding diaryl/α,β-unsaturated/α-hetero) is 1. The highest BCUT2D eigenvalue weighted by Crippen LogP contribution is 2.22. The van der Waals surface area contributed by atoms with Crippen LogP contribution in [0.2, 0.25) is 0 Å². The molecule has 1 amide bonds. The number of benzene rings is 2. The van der Waals surface area contributed by atoms with E-state index in [9.17, 15) is 9.59 Å². The molecule has 6 nitrogen and oxygen atoms in total. The molecule has 1 aliphatic heterocycles. The monoisotopic (exact) mass is 396 g/mol. The van der Waals surface area contributed by atoms with E-state index < -0.39 is 0 Å². The van der Waals surface area contributed by atoms with Gasteiger partial charge in [-0.05, 0) is 36.8 Å². The number of carbonyl (C=O) groups is 2. The van der Waals surface area contributed by atoms with Crippen LogP contribution < -0.4 is 15.0 Å². The van der Waals surface area contributed by atoms with Gasteiger partial charge >= 0.3 is 0 Å². The minimum Gasteiger partial charge on any atom is -0.497 e. The van der Waals surface area contributed by atoms with Crippen LogP contribution in [0.4, 0.5) is 5.69 Å². The second-order valence-corrected chi connectivity index (χ2v) is 7.17. The maximum atomic E-state index is 12.4. The van der Waals surface area contributed by atoms with Gasteiger partial charge in [-0.1, -0.05) is 31.2 Å². The highest BCUT2D eigenvalue weighted by atomic mass is 16.5. The topological polar surface area (TPSA) is 67.9 Å². The molecule has 0 saturated carbocycles. The summed E-state index contributed by atoms with van der Waals surface area (Å²) >= 11 is 0. The molecule has 1 saturated heterocycles. The zero-order valence-corrected chi connectivity index (χ0v) is 17.2. The van der Waals surface area contributed by atoms with Gasteiger partial charge in [0.15, 0.2) is 5.78 Å². The van der Waals surface area contributed by atoms with Gasteiger partial charge in [0.05, 0.1) is 19.8 Å². The number of hydrogen-bond acceptors (Lipinski definition) is 5. The first-order chi connectivity index (χ1) is 14.0. The molecule has 0 spiro atoms. The molecular weight excluding hydrogens is 368 g/mol. The third-order valence-electron chi connectivity index (χ3n) is 5.18. The molecule has 0 bridgehead atoms. The SMILES string of the molecule is CCC(=O)c1cccc(N2CC(CN[C@H](C)c3cccc(OC)c3)OCC2=O)c1. The number of hydrogen-bond donors (Lipinski definition) is 1. The molecule has 1 fully saturated rings. The Morgan fingerprint density at radius 1 is 1.28 bits per heavy atom. The van der Waals surface area contributed by atoms with Gasteiger partial charge in [-0.2, -0.15) is 0 Å². The fourth-order valence-electron chi connectivity index (χ4n) is 3.39. The normalized spacial score (nSPS) is 17.8. The molecule has 29 heavy (non-hydrogen) atoms. The van der Waals surface area contributed by atoms with E-state index in [1.54, 1.807) is 24.1 Å². The van der Waals surface area contributed by atoms with Gasteiger partial charge in [0.2, 0.25) is 0 Å². The summed E-state index contributed by atoms with van der Waals surface area (Å²) in [5.41, 5.74) is 2.49. The molecular formula is C23H28N2O4. The lowest BCUT2D eigenvalue weighted by molar-refractivity contribution is -0.129. The number of nitrogens with one attached hydrogen (secondary N) is 1. The summed E-state index contributed by atoms with van der Waals surface area (Å²) < 4.78 is 11.0. The van der Waals surface area contributed by atoms with Crippen LogP contribution in [0.5, 0.6) is 5.75 Å². The molecule has 1 N–H and O–H groups in total. The average molecular weight is 396 g/mol. The second kappa shape index (κ2) is 9.67. The Bertz CT molecular complexity index is 867. The van der Waals surface area contributed by atoms with E-state index >= 15 is 0 Å². The number of anilines is 1. The molecule has 2 aromatic carbocycles. The first kappa shape index (κ1) is 21.0. The highest BCUT2D eigenvalue weighted by molar-refractivity contribution is 5.99. The minimum absolute atomic E-state index is 0.0336. The maximum Gasteiger partial charge on any atom is 0.253 e. The summed E-state index contributed by atoms with van der Waals surface area (Å²) in [4.78, 5) is 26.1. The fraction of sp³-hybridized carbons (Fsp3) is 0.391. The van der Waals surface area contributed by atoms with E-state index in [1.807, 2.05) is 43.3 Å². The summed E-state index contributed by atoms with van der Waals surface area (Å²) in [7, 11) is 1.65. The summed E-state index contributed by atoms with van der Waals surface area (Å²) in [6.07, 6.45) is 0.307. The third-order valence-corrected chi connectivity index (χ3v) is 5.18. The van der Waals surface area contributed by atoms with Gasteiger partial charge in [0.25, 0.3) is 5.91 Å². The number of methoxy groups -OCH3 is 1. The highest BCUT2D eigenvalue weighted by Gasteiger charge is 2.28. The first-order valence-corrected chi connectivity index (χ1v) is 9.94. The van der Waals surface area contributed by atoms with Crippen molar-refractivity contribution in [1.29, 1.82) is 0 Å². The second-order valence-electron chi connectivity index (χ2n) is 7.17. The molecule has 1 heterocycles. The molecule has 0 radical (unpaired) electrons. The van der Waals surface area contributed by atoms with E-state index in [-0.39, 0.29) is 30.4 Å². The van der Waals surface area contributed by atoms with E-state index in [2.05, 4.69) is 12.2 Å². The number of nitrogens with zero attached hydrogens (tertiary/aromatic N) is 1. The Morgan fingerprint density at radius 3 is 2.83 bits per heavy atom. The molecule has 154 valence electrons. The number of carbonyl (C=O) groups excluding carboxylic acids is 2. The maximum absolute atomic E-state index is 12.4. The quantitative estimate of drug-likeness (QED) is 0.693. The van der Waals surface area contributed by atoms with Crippen molar-refractivity contribution in [3.05, 3.63) is 59.7 Å². The van der Waals surface area contributed by atoms with Crippen molar-refractivity contribution in [1.82, 2.24) is 5.32 Å². The average Bonchev–Trinajstić information content (AvgIpc) is 2.77. The van der Waals surface area contributed by atoms with Gasteiger partial charge in [-0.25, -0.2) is 0 Å². The third kappa shape index (κ3) is 5.22. The van der Waals surface area contributed by atoms with Crippen LogP contribution in [0.25, 0.3) is 0 Å². The van der Waals surface area contributed by atoms with Crippen molar-refractivity contribution in [3.8, 4) is 5.75 Å². The Balaban J connectivity index is 1.64. The van der Waals surface area contributed by atoms with Gasteiger partial charge in [0, 0.05) is 30.3 Å². The van der Waals surface area contributed by atoms with Gasteiger partial charge < -0.3 is 19.7 Å². The number of ether oxygens (including phenoxy) is 2. The zero-order chi connectivity index (χ0) is 20.8. The Kier molecular flexibility index (Phi) is 7.01. The van der Waals surface area contributed by atoms with Crippen molar-refractivity contribution in [2.45, 2.75) is 32.4 Å². The summed E-state index contributed by atoms with van der Waals surface area (Å²) in [5, 5.41) is 3.47. The molecule has 0 aromatic heterocycles. The molecule has 2 atom stereocenters. The van der Waals surface area contributed by atoms with Crippen molar-refractivity contribution < 1.29 is 19.1 Å². The van der Waals surface area contributed by atoms with Crippen molar-refractivity contribution in [2.24, 2.45) is 0 Å². The van der Waals surface area contributed by atoms with Crippen molar-refractivity contribution >= 4 is 17.4 Å². The Labute approximate surface area is 171 Å². The molecule has 1 unspecified atom stereocenters. The first-order valence-electron chi connectivity index (χ1n) is 9.94. The van der Waals surface area contributed by atoms with E-state index in [0.717, 1.165) is 17.0 Å². The summed E-state index contributed by atoms with van der Waals surface area (Å²) in [5.74, 6) is 0.796. The van der Waals surface area contributed by atoms with Gasteiger partial charge in [-0.3, -0.25) is 9.59 Å². The molecule has 2 aromatic rings. The smallest absolute Gasteiger partial charge is 0.253 e. The number of amides is 1. The number of rotatable bonds is 8. The number of morpholine rings is 1. The lowest BCUT2D eigenvalue weighted by Crippen LogP contribution is -2.50. The molecule has 3 rings (SSSR count). The van der Waals surface area contributed by atoms with Crippen molar-refractivity contribution in [3.63, 3.8) is 0 Å². The van der Waals surface area contributed by atoms with E-state index in [1.165, 1.54) is 0 Å². The van der Waals surface area contributed by atoms with Gasteiger partial charge in [0.1, 0.15) is 12.4 Å².